The summed E-state index contributed by atoms with van der Waals surface area (Å²) in [5.74, 6) is -0.268. The predicted molar refractivity (Wildman–Crippen MR) is 65.8 cm³/mol. The lowest BCUT2D eigenvalue weighted by molar-refractivity contribution is 0.0606. The maximum Gasteiger partial charge on any atom is 0.348 e. The second-order valence-corrected chi connectivity index (χ2v) is 4.69. The Hall–Kier alpha value is -1.61. The van der Waals surface area contributed by atoms with Crippen LogP contribution >= 0.6 is 11.3 Å². The summed E-state index contributed by atoms with van der Waals surface area (Å²) in [6.45, 7) is 2.01. The molecule has 0 atom stereocenters. The van der Waals surface area contributed by atoms with Gasteiger partial charge in [-0.1, -0.05) is 30.3 Å². The molecule has 0 aliphatic heterocycles. The Morgan fingerprint density at radius 3 is 2.56 bits per heavy atom. The number of rotatable bonds is 2. The Morgan fingerprint density at radius 1 is 1.25 bits per heavy atom. The highest BCUT2D eigenvalue weighted by molar-refractivity contribution is 7.14. The molecule has 1 heterocycles. The molecule has 2 rings (SSSR count). The van der Waals surface area contributed by atoms with Gasteiger partial charge in [-0.2, -0.15) is 0 Å². The monoisotopic (exact) mass is 232 g/mol. The van der Waals surface area contributed by atoms with E-state index in [1.165, 1.54) is 18.4 Å². The average molecular weight is 232 g/mol. The first-order valence-corrected chi connectivity index (χ1v) is 5.78. The van der Waals surface area contributed by atoms with Crippen molar-refractivity contribution in [2.24, 2.45) is 0 Å². The van der Waals surface area contributed by atoms with E-state index in [1.807, 2.05) is 43.3 Å². The number of hydrogen-bond donors (Lipinski definition) is 0. The topological polar surface area (TPSA) is 26.3 Å². The second kappa shape index (κ2) is 4.49. The van der Waals surface area contributed by atoms with Crippen LogP contribution in [0.15, 0.2) is 36.4 Å². The number of methoxy groups -OCH3 is 1. The number of ether oxygens (including phenoxy) is 1. The van der Waals surface area contributed by atoms with E-state index in [2.05, 4.69) is 0 Å². The van der Waals surface area contributed by atoms with Crippen molar-refractivity contribution in [3.05, 3.63) is 46.2 Å². The Morgan fingerprint density at radius 2 is 1.94 bits per heavy atom. The number of aryl methyl sites for hydroxylation is 1. The number of carbonyl (C=O) groups excluding carboxylic acids is 1. The zero-order valence-electron chi connectivity index (χ0n) is 9.19. The van der Waals surface area contributed by atoms with E-state index in [0.717, 1.165) is 16.0 Å². The molecule has 0 aliphatic rings. The summed E-state index contributed by atoms with van der Waals surface area (Å²) in [6.07, 6.45) is 0. The molecule has 0 saturated heterocycles. The number of hydrogen-bond acceptors (Lipinski definition) is 3. The van der Waals surface area contributed by atoms with Gasteiger partial charge in [0.2, 0.25) is 0 Å². The van der Waals surface area contributed by atoms with Crippen molar-refractivity contribution in [3.8, 4) is 11.1 Å². The molecule has 2 aromatic rings. The summed E-state index contributed by atoms with van der Waals surface area (Å²) in [7, 11) is 1.40. The summed E-state index contributed by atoms with van der Waals surface area (Å²) >= 11 is 1.47. The molecule has 0 spiro atoms. The van der Waals surface area contributed by atoms with Crippen molar-refractivity contribution >= 4 is 17.3 Å². The van der Waals surface area contributed by atoms with Gasteiger partial charge in [0.15, 0.2) is 0 Å². The normalized spacial score (nSPS) is 10.1. The van der Waals surface area contributed by atoms with Crippen LogP contribution in [-0.4, -0.2) is 13.1 Å². The summed E-state index contributed by atoms with van der Waals surface area (Å²) < 4.78 is 4.71. The zero-order valence-corrected chi connectivity index (χ0v) is 10.0. The molecule has 82 valence electrons. The fourth-order valence-electron chi connectivity index (χ4n) is 1.59. The first-order chi connectivity index (χ1) is 7.72. The number of benzene rings is 1. The van der Waals surface area contributed by atoms with Crippen molar-refractivity contribution in [1.82, 2.24) is 0 Å². The molecule has 1 aromatic carbocycles. The van der Waals surface area contributed by atoms with E-state index in [9.17, 15) is 4.79 Å². The number of carbonyl (C=O) groups is 1. The lowest BCUT2D eigenvalue weighted by Gasteiger charge is -1.97. The molecule has 16 heavy (non-hydrogen) atoms. The van der Waals surface area contributed by atoms with Gasteiger partial charge in [0.1, 0.15) is 4.88 Å². The average Bonchev–Trinajstić information content (AvgIpc) is 2.71. The summed E-state index contributed by atoms with van der Waals surface area (Å²) in [5, 5.41) is 0. The van der Waals surface area contributed by atoms with Crippen LogP contribution in [0.4, 0.5) is 0 Å². The summed E-state index contributed by atoms with van der Waals surface area (Å²) in [5.41, 5.74) is 2.23. The van der Waals surface area contributed by atoms with E-state index < -0.39 is 0 Å². The molecule has 1 aromatic heterocycles. The van der Waals surface area contributed by atoms with Gasteiger partial charge >= 0.3 is 5.97 Å². The summed E-state index contributed by atoms with van der Waals surface area (Å²) in [6, 6.07) is 11.9. The number of esters is 1. The molecule has 0 radical (unpaired) electrons. The smallest absolute Gasteiger partial charge is 0.348 e. The van der Waals surface area contributed by atoms with E-state index in [0.29, 0.717) is 4.88 Å². The minimum absolute atomic E-state index is 0.268. The van der Waals surface area contributed by atoms with Gasteiger partial charge in [0, 0.05) is 4.88 Å². The standard InChI is InChI=1S/C13H12O2S/c1-9-11(10-6-4-3-5-7-10)8-12(16-9)13(14)15-2/h3-8H,1-2H3. The van der Waals surface area contributed by atoms with E-state index in [4.69, 9.17) is 4.74 Å². The van der Waals surface area contributed by atoms with Crippen LogP contribution < -0.4 is 0 Å². The van der Waals surface area contributed by atoms with Crippen molar-refractivity contribution in [1.29, 1.82) is 0 Å². The molecule has 0 bridgehead atoms. The van der Waals surface area contributed by atoms with E-state index in [1.54, 1.807) is 0 Å². The fourth-order valence-corrected chi connectivity index (χ4v) is 2.55. The largest absolute Gasteiger partial charge is 0.465 e. The van der Waals surface area contributed by atoms with Crippen molar-refractivity contribution in [3.63, 3.8) is 0 Å². The fraction of sp³-hybridized carbons (Fsp3) is 0.154. The predicted octanol–water partition coefficient (Wildman–Crippen LogP) is 3.51. The SMILES string of the molecule is COC(=O)c1cc(-c2ccccc2)c(C)s1. The number of thiophene rings is 1. The summed E-state index contributed by atoms with van der Waals surface area (Å²) in [4.78, 5) is 13.2. The first kappa shape index (κ1) is 10.9. The quantitative estimate of drug-likeness (QED) is 0.741. The van der Waals surface area contributed by atoms with Crippen LogP contribution in [0.3, 0.4) is 0 Å². The first-order valence-electron chi connectivity index (χ1n) is 4.96. The van der Waals surface area contributed by atoms with Crippen molar-refractivity contribution < 1.29 is 9.53 Å². The molecule has 0 amide bonds. The van der Waals surface area contributed by atoms with Crippen LogP contribution in [0.2, 0.25) is 0 Å². The van der Waals surface area contributed by atoms with Gasteiger partial charge in [0.25, 0.3) is 0 Å². The Balaban J connectivity index is 2.44. The second-order valence-electron chi connectivity index (χ2n) is 3.44. The van der Waals surface area contributed by atoms with Crippen molar-refractivity contribution in [2.75, 3.05) is 7.11 Å². The van der Waals surface area contributed by atoms with Gasteiger partial charge in [-0.15, -0.1) is 11.3 Å². The molecular formula is C13H12O2S. The van der Waals surface area contributed by atoms with Gasteiger partial charge in [-0.3, -0.25) is 0 Å². The third-order valence-electron chi connectivity index (χ3n) is 2.39. The molecular weight excluding hydrogens is 220 g/mol. The molecule has 0 saturated carbocycles. The van der Waals surface area contributed by atoms with Crippen LogP contribution in [0.25, 0.3) is 11.1 Å². The molecule has 0 fully saturated rings. The third-order valence-corrected chi connectivity index (χ3v) is 3.42. The highest BCUT2D eigenvalue weighted by atomic mass is 32.1. The van der Waals surface area contributed by atoms with Gasteiger partial charge in [-0.05, 0) is 24.1 Å². The van der Waals surface area contributed by atoms with Crippen LogP contribution in [-0.2, 0) is 4.74 Å². The minimum atomic E-state index is -0.268. The minimum Gasteiger partial charge on any atom is -0.465 e. The van der Waals surface area contributed by atoms with Crippen LogP contribution in [0, 0.1) is 6.92 Å². The Labute approximate surface area is 98.5 Å². The molecule has 0 aliphatic carbocycles. The Bertz CT molecular complexity index is 500. The molecule has 2 nitrogen and oxygen atoms in total. The van der Waals surface area contributed by atoms with Crippen LogP contribution in [0.1, 0.15) is 14.5 Å². The lowest BCUT2D eigenvalue weighted by Crippen LogP contribution is -1.96. The lowest BCUT2D eigenvalue weighted by atomic mass is 10.1. The van der Waals surface area contributed by atoms with Gasteiger partial charge in [0.05, 0.1) is 7.11 Å². The van der Waals surface area contributed by atoms with Crippen molar-refractivity contribution in [2.45, 2.75) is 6.92 Å². The molecule has 0 unspecified atom stereocenters. The van der Waals surface area contributed by atoms with E-state index in [-0.39, 0.29) is 5.97 Å². The van der Waals surface area contributed by atoms with Gasteiger partial charge in [-0.25, -0.2) is 4.79 Å². The zero-order chi connectivity index (χ0) is 11.5. The van der Waals surface area contributed by atoms with Gasteiger partial charge < -0.3 is 4.74 Å². The highest BCUT2D eigenvalue weighted by Crippen LogP contribution is 2.31. The van der Waals surface area contributed by atoms with Crippen LogP contribution in [0.5, 0.6) is 0 Å². The molecule has 0 N–H and O–H groups in total. The third kappa shape index (κ3) is 1.99. The van der Waals surface area contributed by atoms with E-state index >= 15 is 0 Å². The maximum absolute atomic E-state index is 11.4. The molecule has 3 heteroatoms. The maximum atomic E-state index is 11.4. The highest BCUT2D eigenvalue weighted by Gasteiger charge is 2.13. The Kier molecular flexibility index (Phi) is 3.06.